The van der Waals surface area contributed by atoms with E-state index in [1.54, 1.807) is 15.8 Å². The van der Waals surface area contributed by atoms with Gasteiger partial charge in [0, 0.05) is 26.6 Å². The van der Waals surface area contributed by atoms with Gasteiger partial charge in [0.05, 0.1) is 12.1 Å². The maximum atomic E-state index is 12.2. The first-order valence-electron chi connectivity index (χ1n) is 8.25. The third-order valence-electron chi connectivity index (χ3n) is 4.25. The smallest absolute Gasteiger partial charge is 0.315 e. The van der Waals surface area contributed by atoms with E-state index in [4.69, 9.17) is 0 Å². The molecule has 1 fully saturated rings. The monoisotopic (exact) mass is 342 g/mol. The summed E-state index contributed by atoms with van der Waals surface area (Å²) in [5, 5.41) is 13.5. The summed E-state index contributed by atoms with van der Waals surface area (Å²) in [7, 11) is 1.82. The Bertz CT molecular complexity index is 745. The molecule has 8 heteroatoms. The van der Waals surface area contributed by atoms with Gasteiger partial charge in [-0.3, -0.25) is 4.79 Å². The van der Waals surface area contributed by atoms with Gasteiger partial charge in [-0.05, 0) is 12.5 Å². The number of carbonyl (C=O) groups excluding carboxylic acids is 2. The molecule has 1 aromatic carbocycles. The molecular formula is C17H22N6O2. The largest absolute Gasteiger partial charge is 0.336 e. The summed E-state index contributed by atoms with van der Waals surface area (Å²) in [6.45, 7) is 2.92. The highest BCUT2D eigenvalue weighted by molar-refractivity contribution is 5.81. The van der Waals surface area contributed by atoms with Gasteiger partial charge in [-0.2, -0.15) is 0 Å². The van der Waals surface area contributed by atoms with Crippen molar-refractivity contribution in [1.82, 2.24) is 30.3 Å². The van der Waals surface area contributed by atoms with Crippen LogP contribution in [0.15, 0.2) is 36.7 Å². The normalized spacial score (nSPS) is 18.2. The van der Waals surface area contributed by atoms with E-state index < -0.39 is 0 Å². The number of aryl methyl sites for hydroxylation is 1. The lowest BCUT2D eigenvalue weighted by Crippen LogP contribution is -2.44. The Kier molecular flexibility index (Phi) is 4.97. The van der Waals surface area contributed by atoms with Crippen molar-refractivity contribution >= 4 is 11.9 Å². The quantitative estimate of drug-likeness (QED) is 0.847. The lowest BCUT2D eigenvalue weighted by Gasteiger charge is -2.18. The highest BCUT2D eigenvalue weighted by Crippen LogP contribution is 2.15. The molecule has 3 amide bonds. The molecule has 8 nitrogen and oxygen atoms in total. The van der Waals surface area contributed by atoms with E-state index in [0.29, 0.717) is 25.3 Å². The van der Waals surface area contributed by atoms with Crippen LogP contribution in [0.5, 0.6) is 0 Å². The number of carbonyl (C=O) groups is 2. The zero-order valence-electron chi connectivity index (χ0n) is 14.3. The number of amides is 3. The lowest BCUT2D eigenvalue weighted by molar-refractivity contribution is -0.128. The third-order valence-corrected chi connectivity index (χ3v) is 4.25. The van der Waals surface area contributed by atoms with E-state index in [-0.39, 0.29) is 24.0 Å². The molecule has 0 spiro atoms. The first-order chi connectivity index (χ1) is 12.0. The molecule has 0 bridgehead atoms. The second-order valence-electron chi connectivity index (χ2n) is 6.30. The zero-order valence-corrected chi connectivity index (χ0v) is 14.3. The number of benzene rings is 1. The van der Waals surface area contributed by atoms with Gasteiger partial charge in [-0.25, -0.2) is 4.79 Å². The van der Waals surface area contributed by atoms with Crippen LogP contribution in [0, 0.1) is 0 Å². The van der Waals surface area contributed by atoms with Gasteiger partial charge in [0.1, 0.15) is 6.33 Å². The van der Waals surface area contributed by atoms with Crippen LogP contribution in [0.25, 0.3) is 0 Å². The molecule has 3 rings (SSSR count). The molecule has 2 aromatic rings. The second kappa shape index (κ2) is 7.33. The van der Waals surface area contributed by atoms with Crippen LogP contribution in [0.3, 0.4) is 0 Å². The number of likely N-dealkylation sites (tertiary alicyclic amines) is 1. The van der Waals surface area contributed by atoms with Crippen LogP contribution in [0.4, 0.5) is 4.79 Å². The number of nitrogens with zero attached hydrogens (tertiary/aromatic N) is 4. The lowest BCUT2D eigenvalue weighted by atomic mass is 10.2. The minimum atomic E-state index is -0.310. The fraction of sp³-hybridized carbons (Fsp3) is 0.412. The van der Waals surface area contributed by atoms with Gasteiger partial charge in [-0.1, -0.05) is 30.3 Å². The highest BCUT2D eigenvalue weighted by Gasteiger charge is 2.30. The maximum Gasteiger partial charge on any atom is 0.315 e. The van der Waals surface area contributed by atoms with Crippen LogP contribution < -0.4 is 10.6 Å². The number of aromatic nitrogens is 3. The van der Waals surface area contributed by atoms with Crippen LogP contribution >= 0.6 is 0 Å². The Morgan fingerprint density at radius 2 is 2.12 bits per heavy atom. The molecule has 0 saturated carbocycles. The predicted octanol–water partition coefficient (Wildman–Crippen LogP) is 0.976. The molecule has 1 aromatic heterocycles. The van der Waals surface area contributed by atoms with E-state index in [9.17, 15) is 9.59 Å². The first kappa shape index (κ1) is 16.9. The Balaban J connectivity index is 1.51. The van der Waals surface area contributed by atoms with Gasteiger partial charge < -0.3 is 20.1 Å². The van der Waals surface area contributed by atoms with Crippen molar-refractivity contribution < 1.29 is 9.59 Å². The Hall–Kier alpha value is -2.90. The minimum Gasteiger partial charge on any atom is -0.336 e. The third kappa shape index (κ3) is 4.14. The predicted molar refractivity (Wildman–Crippen MR) is 91.3 cm³/mol. The van der Waals surface area contributed by atoms with Gasteiger partial charge in [0.15, 0.2) is 5.82 Å². The molecule has 1 aliphatic heterocycles. The summed E-state index contributed by atoms with van der Waals surface area (Å²) >= 11 is 0. The molecular weight excluding hydrogens is 320 g/mol. The van der Waals surface area contributed by atoms with Gasteiger partial charge in [-0.15, -0.1) is 10.2 Å². The highest BCUT2D eigenvalue weighted by atomic mass is 16.2. The van der Waals surface area contributed by atoms with Crippen molar-refractivity contribution in [1.29, 1.82) is 0 Å². The molecule has 1 aliphatic rings. The van der Waals surface area contributed by atoms with Crippen molar-refractivity contribution in [3.63, 3.8) is 0 Å². The summed E-state index contributed by atoms with van der Waals surface area (Å²) in [5.41, 5.74) is 1.08. The van der Waals surface area contributed by atoms with Crippen molar-refractivity contribution in [2.75, 3.05) is 6.54 Å². The number of rotatable bonds is 5. The van der Waals surface area contributed by atoms with Gasteiger partial charge >= 0.3 is 6.03 Å². The first-order valence-corrected chi connectivity index (χ1v) is 8.25. The fourth-order valence-corrected chi connectivity index (χ4v) is 3.00. The number of hydrogen-bond acceptors (Lipinski definition) is 4. The Morgan fingerprint density at radius 3 is 2.80 bits per heavy atom. The van der Waals surface area contributed by atoms with E-state index in [1.165, 1.54) is 0 Å². The summed E-state index contributed by atoms with van der Waals surface area (Å²) < 4.78 is 1.76. The molecule has 25 heavy (non-hydrogen) atoms. The van der Waals surface area contributed by atoms with Crippen LogP contribution in [-0.4, -0.2) is 44.2 Å². The standard InChI is InChI=1S/C17H22N6O2/c1-12(16-21-18-11-22(16)2)19-17(25)20-14-8-15(24)23(10-14)9-13-6-4-3-5-7-13/h3-7,11-12,14H,8-10H2,1-2H3,(H2,19,20,25)/t12-,14-/m0/s1. The fourth-order valence-electron chi connectivity index (χ4n) is 3.00. The summed E-state index contributed by atoms with van der Waals surface area (Å²) in [5.74, 6) is 0.721. The van der Waals surface area contributed by atoms with Crippen molar-refractivity contribution in [3.8, 4) is 0 Å². The Morgan fingerprint density at radius 1 is 1.36 bits per heavy atom. The van der Waals surface area contributed by atoms with E-state index in [1.807, 2.05) is 44.3 Å². The second-order valence-corrected chi connectivity index (χ2v) is 6.30. The van der Waals surface area contributed by atoms with E-state index in [0.717, 1.165) is 5.56 Å². The summed E-state index contributed by atoms with van der Waals surface area (Å²) in [6, 6.07) is 9.05. The molecule has 2 atom stereocenters. The molecule has 0 unspecified atom stereocenters. The van der Waals surface area contributed by atoms with E-state index >= 15 is 0 Å². The average molecular weight is 342 g/mol. The minimum absolute atomic E-state index is 0.0514. The Labute approximate surface area is 146 Å². The average Bonchev–Trinajstić information content (AvgIpc) is 3.14. The van der Waals surface area contributed by atoms with E-state index in [2.05, 4.69) is 20.8 Å². The van der Waals surface area contributed by atoms with Gasteiger partial charge in [0.2, 0.25) is 5.91 Å². The van der Waals surface area contributed by atoms with Crippen LogP contribution in [0.1, 0.15) is 30.8 Å². The molecule has 0 aliphatic carbocycles. The number of hydrogen-bond donors (Lipinski definition) is 2. The number of nitrogens with one attached hydrogen (secondary N) is 2. The molecule has 1 saturated heterocycles. The van der Waals surface area contributed by atoms with Crippen molar-refractivity contribution in [3.05, 3.63) is 48.0 Å². The number of urea groups is 1. The topological polar surface area (TPSA) is 92.2 Å². The molecule has 2 heterocycles. The summed E-state index contributed by atoms with van der Waals surface area (Å²) in [4.78, 5) is 26.1. The van der Waals surface area contributed by atoms with Gasteiger partial charge in [0.25, 0.3) is 0 Å². The molecule has 0 radical (unpaired) electrons. The van der Waals surface area contributed by atoms with Crippen LogP contribution in [-0.2, 0) is 18.4 Å². The molecule has 2 N–H and O–H groups in total. The van der Waals surface area contributed by atoms with Crippen LogP contribution in [0.2, 0.25) is 0 Å². The SMILES string of the molecule is C[C@H](NC(=O)N[C@H]1CC(=O)N(Cc2ccccc2)C1)c1nncn1C. The molecule has 132 valence electrons. The summed E-state index contributed by atoms with van der Waals surface area (Å²) in [6.07, 6.45) is 1.90. The maximum absolute atomic E-state index is 12.2. The zero-order chi connectivity index (χ0) is 17.8. The van der Waals surface area contributed by atoms with Crippen molar-refractivity contribution in [2.45, 2.75) is 32.0 Å². The van der Waals surface area contributed by atoms with Crippen molar-refractivity contribution in [2.24, 2.45) is 7.05 Å².